The summed E-state index contributed by atoms with van der Waals surface area (Å²) in [6, 6.07) is 24.5. The number of hydrogen-bond acceptors (Lipinski definition) is 7. The molecule has 0 aliphatic carbocycles. The molecule has 39 heavy (non-hydrogen) atoms. The number of nitrogens with one attached hydrogen (secondary N) is 1. The van der Waals surface area contributed by atoms with E-state index in [1.807, 2.05) is 78.9 Å². The van der Waals surface area contributed by atoms with Gasteiger partial charge in [0.2, 0.25) is 21.8 Å². The Labute approximate surface area is 240 Å². The number of para-hydroxylation sites is 1. The fourth-order valence-corrected chi connectivity index (χ4v) is 6.73. The van der Waals surface area contributed by atoms with Crippen LogP contribution in [0, 0.1) is 0 Å². The van der Waals surface area contributed by atoms with Crippen molar-refractivity contribution in [2.75, 3.05) is 11.4 Å². The fourth-order valence-electron chi connectivity index (χ4n) is 4.27. The van der Waals surface area contributed by atoms with E-state index in [9.17, 15) is 13.2 Å². The van der Waals surface area contributed by atoms with E-state index in [1.165, 1.54) is 0 Å². The number of thioether (sulfide) groups is 1. The van der Waals surface area contributed by atoms with Crippen molar-refractivity contribution in [3.63, 3.8) is 0 Å². The number of halogens is 1. The molecule has 1 aromatic heterocycles. The molecule has 1 unspecified atom stereocenters. The van der Waals surface area contributed by atoms with Gasteiger partial charge in [-0.15, -0.1) is 10.2 Å². The van der Waals surface area contributed by atoms with Gasteiger partial charge in [-0.1, -0.05) is 70.5 Å². The highest BCUT2D eigenvalue weighted by Gasteiger charge is 2.53. The highest BCUT2D eigenvalue weighted by atomic mass is 79.9. The van der Waals surface area contributed by atoms with E-state index in [-0.39, 0.29) is 17.7 Å². The Hall–Kier alpha value is -2.99. The molecule has 1 aliphatic heterocycles. The zero-order valence-corrected chi connectivity index (χ0v) is 24.8. The lowest BCUT2D eigenvalue weighted by Gasteiger charge is -2.29. The molecule has 0 spiro atoms. The van der Waals surface area contributed by atoms with Gasteiger partial charge in [-0.05, 0) is 62.4 Å². The largest absolute Gasteiger partial charge is 0.411 e. The number of benzene rings is 3. The van der Waals surface area contributed by atoms with Gasteiger partial charge >= 0.3 is 0 Å². The number of sulfonamides is 1. The van der Waals surface area contributed by atoms with E-state index in [0.717, 1.165) is 27.4 Å². The first-order valence-corrected chi connectivity index (χ1v) is 15.3. The van der Waals surface area contributed by atoms with Gasteiger partial charge < -0.3 is 9.32 Å². The van der Waals surface area contributed by atoms with E-state index in [4.69, 9.17) is 4.42 Å². The van der Waals surface area contributed by atoms with Crippen molar-refractivity contribution in [2.45, 2.75) is 42.0 Å². The summed E-state index contributed by atoms with van der Waals surface area (Å²) in [5.41, 5.74) is 3.05. The highest BCUT2D eigenvalue weighted by Crippen LogP contribution is 2.51. The number of hydrogen-bond donors (Lipinski definition) is 1. The number of rotatable bonds is 8. The minimum atomic E-state index is -3.77. The minimum Gasteiger partial charge on any atom is -0.411 e. The van der Waals surface area contributed by atoms with E-state index < -0.39 is 19.5 Å². The molecule has 11 heteroatoms. The Bertz CT molecular complexity index is 1620. The van der Waals surface area contributed by atoms with Gasteiger partial charge in [0.15, 0.2) is 0 Å². The van der Waals surface area contributed by atoms with Crippen LogP contribution >= 0.6 is 27.7 Å². The van der Waals surface area contributed by atoms with Crippen LogP contribution in [0.5, 0.6) is 0 Å². The van der Waals surface area contributed by atoms with Crippen LogP contribution in [0.3, 0.4) is 0 Å². The van der Waals surface area contributed by atoms with Gasteiger partial charge in [0.05, 0.1) is 11.3 Å². The van der Waals surface area contributed by atoms with Crippen molar-refractivity contribution in [2.24, 2.45) is 0 Å². The lowest BCUT2D eigenvalue weighted by molar-refractivity contribution is -0.120. The Kier molecular flexibility index (Phi) is 7.45. The molecule has 1 aliphatic rings. The maximum absolute atomic E-state index is 14.4. The van der Waals surface area contributed by atoms with Gasteiger partial charge in [0.25, 0.3) is 5.22 Å². The van der Waals surface area contributed by atoms with Crippen LogP contribution < -0.4 is 9.62 Å². The van der Waals surface area contributed by atoms with E-state index >= 15 is 0 Å². The second-order valence-corrected chi connectivity index (χ2v) is 14.8. The third-order valence-electron chi connectivity index (χ3n) is 6.46. The van der Waals surface area contributed by atoms with Crippen molar-refractivity contribution < 1.29 is 17.6 Å². The first kappa shape index (κ1) is 27.6. The van der Waals surface area contributed by atoms with Crippen molar-refractivity contribution in [1.82, 2.24) is 14.9 Å². The summed E-state index contributed by atoms with van der Waals surface area (Å²) >= 11 is 4.51. The van der Waals surface area contributed by atoms with Gasteiger partial charge in [-0.25, -0.2) is 13.1 Å². The third-order valence-corrected chi connectivity index (χ3v) is 10.3. The van der Waals surface area contributed by atoms with Crippen LogP contribution in [-0.4, -0.2) is 35.8 Å². The third kappa shape index (κ3) is 5.41. The Morgan fingerprint density at radius 2 is 1.72 bits per heavy atom. The molecule has 3 aromatic carbocycles. The highest BCUT2D eigenvalue weighted by molar-refractivity contribution is 9.10. The molecular formula is C28H27BrN4O4S2. The molecule has 5 rings (SSSR count). The number of carbonyl (C=O) groups excluding carboxylic acids is 1. The number of aromatic nitrogens is 2. The minimum absolute atomic E-state index is 0.157. The molecule has 1 N–H and O–H groups in total. The lowest BCUT2D eigenvalue weighted by atomic mass is 10.00. The summed E-state index contributed by atoms with van der Waals surface area (Å²) in [6.07, 6.45) is 0. The number of anilines is 1. The van der Waals surface area contributed by atoms with Crippen molar-refractivity contribution >= 4 is 49.3 Å². The Morgan fingerprint density at radius 3 is 2.44 bits per heavy atom. The molecule has 4 aromatic rings. The molecule has 8 nitrogen and oxygen atoms in total. The molecule has 0 saturated carbocycles. The molecule has 202 valence electrons. The van der Waals surface area contributed by atoms with E-state index in [0.29, 0.717) is 23.7 Å². The number of nitrogens with zero attached hydrogens (tertiary/aromatic N) is 3. The molecule has 0 saturated heterocycles. The van der Waals surface area contributed by atoms with Crippen LogP contribution in [0.4, 0.5) is 5.69 Å². The smallest absolute Gasteiger partial charge is 0.278 e. The summed E-state index contributed by atoms with van der Waals surface area (Å²) in [5.74, 6) is 0.0282. The molecule has 2 heterocycles. The summed E-state index contributed by atoms with van der Waals surface area (Å²) in [6.45, 7) is 4.99. The monoisotopic (exact) mass is 626 g/mol. The van der Waals surface area contributed by atoms with Crippen molar-refractivity contribution in [1.29, 1.82) is 0 Å². The average Bonchev–Trinajstić information content (AvgIpc) is 3.45. The summed E-state index contributed by atoms with van der Waals surface area (Å²) < 4.78 is 33.4. The van der Waals surface area contributed by atoms with E-state index in [1.54, 1.807) is 25.7 Å². The predicted molar refractivity (Wildman–Crippen MR) is 156 cm³/mol. The molecule has 0 bridgehead atoms. The van der Waals surface area contributed by atoms with Crippen molar-refractivity contribution in [3.8, 4) is 11.5 Å². The van der Waals surface area contributed by atoms with Crippen LogP contribution in [0.15, 0.2) is 93.0 Å². The summed E-state index contributed by atoms with van der Waals surface area (Å²) in [5, 5.41) is 8.58. The molecule has 0 fully saturated rings. The molecule has 0 radical (unpaired) electrons. The number of carbonyl (C=O) groups is 1. The fraction of sp³-hybridized carbons (Fsp3) is 0.250. The first-order valence-electron chi connectivity index (χ1n) is 12.2. The quantitative estimate of drug-likeness (QED) is 0.265. The molecule has 1 amide bonds. The van der Waals surface area contributed by atoms with Crippen LogP contribution in [0.25, 0.3) is 11.5 Å². The van der Waals surface area contributed by atoms with Gasteiger partial charge in [0.1, 0.15) is 4.75 Å². The van der Waals surface area contributed by atoms with Crippen LogP contribution in [0.2, 0.25) is 0 Å². The average molecular weight is 628 g/mol. The van der Waals surface area contributed by atoms with Crippen LogP contribution in [0.1, 0.15) is 31.9 Å². The predicted octanol–water partition coefficient (Wildman–Crippen LogP) is 5.75. The second kappa shape index (κ2) is 10.5. The number of amides is 1. The molecule has 1 atom stereocenters. The first-order chi connectivity index (χ1) is 18.5. The van der Waals surface area contributed by atoms with Crippen LogP contribution in [-0.2, 0) is 26.1 Å². The SMILES string of the molecule is CC(C)(C)S(=O)(=O)NCC1(Sc2nnc(-c3cccc(Br)c3)o2)C(=O)N(Cc2ccccc2)c2ccccc21. The summed E-state index contributed by atoms with van der Waals surface area (Å²) in [4.78, 5) is 16.0. The lowest BCUT2D eigenvalue weighted by Crippen LogP contribution is -2.49. The summed E-state index contributed by atoms with van der Waals surface area (Å²) in [7, 11) is -3.77. The Morgan fingerprint density at radius 1 is 1.00 bits per heavy atom. The number of fused-ring (bicyclic) bond motifs is 1. The normalized spacial score (nSPS) is 17.4. The zero-order valence-electron chi connectivity index (χ0n) is 21.6. The molecular weight excluding hydrogens is 600 g/mol. The maximum atomic E-state index is 14.4. The topological polar surface area (TPSA) is 105 Å². The standard InChI is InChI=1S/C28H27BrN4O4S2/c1-27(2,3)39(35,36)30-18-28(38-26-32-31-24(37-26)20-12-9-13-21(29)16-20)22-14-7-8-15-23(22)33(25(28)34)17-19-10-5-4-6-11-19/h4-16,30H,17-18H2,1-3H3. The van der Waals surface area contributed by atoms with Gasteiger partial charge in [0, 0.05) is 27.8 Å². The van der Waals surface area contributed by atoms with Gasteiger partial charge in [-0.3, -0.25) is 4.79 Å². The Balaban J connectivity index is 1.57. The maximum Gasteiger partial charge on any atom is 0.278 e. The second-order valence-electron chi connectivity index (χ2n) is 10.1. The van der Waals surface area contributed by atoms with Gasteiger partial charge in [-0.2, -0.15) is 0 Å². The van der Waals surface area contributed by atoms with E-state index in [2.05, 4.69) is 30.8 Å². The van der Waals surface area contributed by atoms with Crippen molar-refractivity contribution in [3.05, 3.63) is 94.5 Å². The zero-order chi connectivity index (χ0) is 27.8.